The number of phenolic OH excluding ortho intramolecular Hbond substituents is 1. The van der Waals surface area contributed by atoms with E-state index in [1.165, 1.54) is 0 Å². The van der Waals surface area contributed by atoms with E-state index in [1.54, 1.807) is 42.5 Å². The van der Waals surface area contributed by atoms with Gasteiger partial charge in [-0.15, -0.1) is 0 Å². The number of aryl methyl sites for hydroxylation is 1. The third kappa shape index (κ3) is 4.86. The van der Waals surface area contributed by atoms with Crippen molar-refractivity contribution in [3.8, 4) is 11.5 Å². The van der Waals surface area contributed by atoms with E-state index in [0.29, 0.717) is 27.2 Å². The fourth-order valence-corrected chi connectivity index (χ4v) is 3.16. The molecule has 5 nitrogen and oxygen atoms in total. The fraction of sp³-hybridized carbons (Fsp3) is 0.227. The molecule has 0 spiro atoms. The van der Waals surface area contributed by atoms with Gasteiger partial charge in [-0.2, -0.15) is 0 Å². The van der Waals surface area contributed by atoms with E-state index >= 15 is 0 Å². The molecule has 0 radical (unpaired) electrons. The van der Waals surface area contributed by atoms with E-state index in [4.69, 9.17) is 32.4 Å². The summed E-state index contributed by atoms with van der Waals surface area (Å²) >= 11 is 12.1. The van der Waals surface area contributed by atoms with Crippen LogP contribution >= 0.6 is 23.2 Å². The Morgan fingerprint density at radius 1 is 1.21 bits per heavy atom. The average molecular weight is 434 g/mol. The zero-order valence-corrected chi connectivity index (χ0v) is 17.8. The van der Waals surface area contributed by atoms with Crippen molar-refractivity contribution in [2.24, 2.45) is 0 Å². The maximum absolute atomic E-state index is 12.6. The number of benzene rings is 2. The maximum atomic E-state index is 12.6. The molecule has 3 aromatic rings. The quantitative estimate of drug-likeness (QED) is 0.432. The van der Waals surface area contributed by atoms with Gasteiger partial charge in [0.1, 0.15) is 28.9 Å². The van der Waals surface area contributed by atoms with Crippen LogP contribution in [0.2, 0.25) is 10.0 Å². The summed E-state index contributed by atoms with van der Waals surface area (Å²) in [5, 5.41) is 13.6. The Kier molecular flexibility index (Phi) is 6.40. The first kappa shape index (κ1) is 21.1. The van der Waals surface area contributed by atoms with Gasteiger partial charge in [0.15, 0.2) is 5.76 Å². The monoisotopic (exact) mass is 433 g/mol. The lowest BCUT2D eigenvalue weighted by Crippen LogP contribution is -2.12. The van der Waals surface area contributed by atoms with Crippen LogP contribution < -0.4 is 10.1 Å². The van der Waals surface area contributed by atoms with Crippen molar-refractivity contribution >= 4 is 34.8 Å². The van der Waals surface area contributed by atoms with Gasteiger partial charge in [-0.25, -0.2) is 0 Å². The van der Waals surface area contributed by atoms with Gasteiger partial charge in [-0.05, 0) is 60.4 Å². The predicted molar refractivity (Wildman–Crippen MR) is 114 cm³/mol. The Morgan fingerprint density at radius 3 is 2.69 bits per heavy atom. The second kappa shape index (κ2) is 8.80. The standard InChI is InChI=1S/C22H21Cl2NO4/c1-12(2)15-10-17(13(3)9-18(15)26)25-22(27)20-8-7-14(29-20)11-28-19-6-4-5-16(23)21(19)24/h4-10,12,26H,11H2,1-3H3,(H,25,27). The normalized spacial score (nSPS) is 11.0. The molecule has 0 bridgehead atoms. The van der Waals surface area contributed by atoms with Gasteiger partial charge in [0.05, 0.1) is 5.02 Å². The molecule has 29 heavy (non-hydrogen) atoms. The molecule has 1 amide bonds. The fourth-order valence-electron chi connectivity index (χ4n) is 2.81. The number of hydrogen-bond acceptors (Lipinski definition) is 4. The van der Waals surface area contributed by atoms with Crippen LogP contribution in [0, 0.1) is 6.92 Å². The van der Waals surface area contributed by atoms with Gasteiger partial charge in [-0.1, -0.05) is 43.1 Å². The molecule has 7 heteroatoms. The van der Waals surface area contributed by atoms with Crippen molar-refractivity contribution < 1.29 is 19.1 Å². The summed E-state index contributed by atoms with van der Waals surface area (Å²) in [5.74, 6) is 1.00. The number of anilines is 1. The summed E-state index contributed by atoms with van der Waals surface area (Å²) in [6.07, 6.45) is 0. The van der Waals surface area contributed by atoms with Gasteiger partial charge in [0, 0.05) is 5.69 Å². The number of aromatic hydroxyl groups is 1. The second-order valence-electron chi connectivity index (χ2n) is 6.94. The number of rotatable bonds is 6. The third-order valence-corrected chi connectivity index (χ3v) is 5.22. The van der Waals surface area contributed by atoms with Gasteiger partial charge in [-0.3, -0.25) is 4.79 Å². The zero-order chi connectivity index (χ0) is 21.1. The number of carbonyl (C=O) groups is 1. The molecular formula is C22H21Cl2NO4. The van der Waals surface area contributed by atoms with Crippen molar-refractivity contribution in [3.05, 3.63) is 75.2 Å². The first-order valence-electron chi connectivity index (χ1n) is 9.06. The van der Waals surface area contributed by atoms with Crippen LogP contribution in [0.25, 0.3) is 0 Å². The van der Waals surface area contributed by atoms with Crippen molar-refractivity contribution in [2.45, 2.75) is 33.3 Å². The van der Waals surface area contributed by atoms with Crippen LogP contribution in [-0.4, -0.2) is 11.0 Å². The number of amides is 1. The minimum Gasteiger partial charge on any atom is -0.508 e. The van der Waals surface area contributed by atoms with Crippen molar-refractivity contribution in [3.63, 3.8) is 0 Å². The maximum Gasteiger partial charge on any atom is 0.291 e. The number of ether oxygens (including phenoxy) is 1. The molecule has 2 N–H and O–H groups in total. The summed E-state index contributed by atoms with van der Waals surface area (Å²) in [7, 11) is 0. The summed E-state index contributed by atoms with van der Waals surface area (Å²) in [6.45, 7) is 5.86. The third-order valence-electron chi connectivity index (χ3n) is 4.42. The lowest BCUT2D eigenvalue weighted by atomic mass is 9.99. The molecule has 0 unspecified atom stereocenters. The Bertz CT molecular complexity index is 1040. The summed E-state index contributed by atoms with van der Waals surface area (Å²) in [6, 6.07) is 11.8. The Balaban J connectivity index is 1.70. The highest BCUT2D eigenvalue weighted by atomic mass is 35.5. The molecule has 3 rings (SSSR count). The van der Waals surface area contributed by atoms with Gasteiger partial charge < -0.3 is 19.6 Å². The van der Waals surface area contributed by atoms with E-state index in [0.717, 1.165) is 11.1 Å². The summed E-state index contributed by atoms with van der Waals surface area (Å²) in [4.78, 5) is 12.6. The van der Waals surface area contributed by atoms with E-state index in [9.17, 15) is 9.90 Å². The number of phenols is 1. The van der Waals surface area contributed by atoms with Crippen LogP contribution in [0.5, 0.6) is 11.5 Å². The van der Waals surface area contributed by atoms with E-state index in [2.05, 4.69) is 5.32 Å². The topological polar surface area (TPSA) is 71.7 Å². The SMILES string of the molecule is Cc1cc(O)c(C(C)C)cc1NC(=O)c1ccc(COc2cccc(Cl)c2Cl)o1. The Labute approximate surface area is 179 Å². The molecule has 1 aromatic heterocycles. The van der Waals surface area contributed by atoms with Crippen LogP contribution in [0.1, 0.15) is 47.2 Å². The van der Waals surface area contributed by atoms with Crippen LogP contribution in [0.3, 0.4) is 0 Å². The van der Waals surface area contributed by atoms with E-state index in [-0.39, 0.29) is 29.9 Å². The highest BCUT2D eigenvalue weighted by molar-refractivity contribution is 6.42. The highest BCUT2D eigenvalue weighted by Crippen LogP contribution is 2.33. The first-order chi connectivity index (χ1) is 13.8. The lowest BCUT2D eigenvalue weighted by molar-refractivity contribution is 0.0992. The molecule has 0 fully saturated rings. The molecule has 1 heterocycles. The Hall–Kier alpha value is -2.63. The predicted octanol–water partition coefficient (Wildman–Crippen LogP) is 6.56. The van der Waals surface area contributed by atoms with Crippen molar-refractivity contribution in [1.29, 1.82) is 0 Å². The zero-order valence-electron chi connectivity index (χ0n) is 16.3. The summed E-state index contributed by atoms with van der Waals surface area (Å²) < 4.78 is 11.2. The van der Waals surface area contributed by atoms with Crippen LogP contribution in [0.15, 0.2) is 46.9 Å². The molecule has 152 valence electrons. The van der Waals surface area contributed by atoms with Crippen LogP contribution in [0.4, 0.5) is 5.69 Å². The molecule has 0 aliphatic heterocycles. The minimum absolute atomic E-state index is 0.100. The highest BCUT2D eigenvalue weighted by Gasteiger charge is 2.16. The smallest absolute Gasteiger partial charge is 0.291 e. The first-order valence-corrected chi connectivity index (χ1v) is 9.82. The molecule has 0 aliphatic rings. The average Bonchev–Trinajstić information content (AvgIpc) is 3.14. The number of carbonyl (C=O) groups excluding carboxylic acids is 1. The summed E-state index contributed by atoms with van der Waals surface area (Å²) in [5.41, 5.74) is 2.14. The van der Waals surface area contributed by atoms with E-state index in [1.807, 2.05) is 20.8 Å². The molecule has 0 saturated carbocycles. The van der Waals surface area contributed by atoms with Gasteiger partial charge in [0.2, 0.25) is 0 Å². The molecular weight excluding hydrogens is 413 g/mol. The second-order valence-corrected chi connectivity index (χ2v) is 7.73. The number of furan rings is 1. The lowest BCUT2D eigenvalue weighted by Gasteiger charge is -2.14. The Morgan fingerprint density at radius 2 is 1.97 bits per heavy atom. The molecule has 0 saturated heterocycles. The van der Waals surface area contributed by atoms with Crippen molar-refractivity contribution in [1.82, 2.24) is 0 Å². The van der Waals surface area contributed by atoms with Crippen LogP contribution in [-0.2, 0) is 6.61 Å². The van der Waals surface area contributed by atoms with Gasteiger partial charge in [0.25, 0.3) is 5.91 Å². The molecule has 2 aromatic carbocycles. The minimum atomic E-state index is -0.388. The molecule has 0 atom stereocenters. The largest absolute Gasteiger partial charge is 0.508 e. The molecule has 0 aliphatic carbocycles. The van der Waals surface area contributed by atoms with E-state index < -0.39 is 0 Å². The number of nitrogens with one attached hydrogen (secondary N) is 1. The number of hydrogen-bond donors (Lipinski definition) is 2. The van der Waals surface area contributed by atoms with Gasteiger partial charge >= 0.3 is 0 Å². The number of halogens is 2. The van der Waals surface area contributed by atoms with Crippen molar-refractivity contribution in [2.75, 3.05) is 5.32 Å².